The van der Waals surface area contributed by atoms with Gasteiger partial charge in [-0.25, -0.2) is 4.68 Å². The van der Waals surface area contributed by atoms with Crippen molar-refractivity contribution >= 4 is 11.8 Å². The van der Waals surface area contributed by atoms with Crippen LogP contribution in [0, 0.1) is 0 Å². The van der Waals surface area contributed by atoms with Crippen molar-refractivity contribution in [1.29, 1.82) is 0 Å². The van der Waals surface area contributed by atoms with E-state index in [0.29, 0.717) is 12.0 Å². The highest BCUT2D eigenvalue weighted by molar-refractivity contribution is 5.98. The third-order valence-corrected chi connectivity index (χ3v) is 3.69. The Hall–Kier alpha value is -2.63. The van der Waals surface area contributed by atoms with Crippen LogP contribution in [0.2, 0.25) is 0 Å². The van der Waals surface area contributed by atoms with Gasteiger partial charge in [-0.1, -0.05) is 25.1 Å². The van der Waals surface area contributed by atoms with Crippen LogP contribution in [0.25, 0.3) is 5.69 Å². The average molecular weight is 342 g/mol. The molecular formula is C19H26N4O2. The lowest BCUT2D eigenvalue weighted by atomic mass is 10.1. The molecule has 2 rings (SSSR count). The highest BCUT2D eigenvalue weighted by Gasteiger charge is 2.23. The first kappa shape index (κ1) is 18.7. The number of hydrogen-bond donors (Lipinski definition) is 2. The van der Waals surface area contributed by atoms with Gasteiger partial charge in [-0.2, -0.15) is 5.10 Å². The molecule has 0 fully saturated rings. The minimum absolute atomic E-state index is 0.214. The molecule has 134 valence electrons. The van der Waals surface area contributed by atoms with Crippen LogP contribution in [0.5, 0.6) is 0 Å². The largest absolute Gasteiger partial charge is 0.350 e. The number of carbonyl (C=O) groups is 2. The summed E-state index contributed by atoms with van der Waals surface area (Å²) < 4.78 is 1.76. The predicted molar refractivity (Wildman–Crippen MR) is 97.8 cm³/mol. The van der Waals surface area contributed by atoms with Crippen LogP contribution < -0.4 is 10.6 Å². The summed E-state index contributed by atoms with van der Waals surface area (Å²) in [5.41, 5.74) is 1.86. The van der Waals surface area contributed by atoms with Gasteiger partial charge in [0, 0.05) is 5.54 Å². The van der Waals surface area contributed by atoms with E-state index in [9.17, 15) is 9.59 Å². The molecule has 0 radical (unpaired) electrons. The second kappa shape index (κ2) is 7.51. The highest BCUT2D eigenvalue weighted by atomic mass is 16.2. The molecule has 1 atom stereocenters. The van der Waals surface area contributed by atoms with Gasteiger partial charge in [0.25, 0.3) is 5.91 Å². The minimum atomic E-state index is -0.628. The standard InChI is InChI=1S/C19H26N4O2/c1-6-16-15(12-20-23(16)14-10-8-7-9-11-14)18(25)21-13(2)17(24)22-19(3,4)5/h7-13H,6H2,1-5H3,(H,21,25)(H,22,24). The van der Waals surface area contributed by atoms with Crippen LogP contribution in [0.1, 0.15) is 50.7 Å². The lowest BCUT2D eigenvalue weighted by Gasteiger charge is -2.23. The lowest BCUT2D eigenvalue weighted by molar-refractivity contribution is -0.124. The summed E-state index contributed by atoms with van der Waals surface area (Å²) in [5.74, 6) is -0.509. The molecule has 6 nitrogen and oxygen atoms in total. The molecule has 25 heavy (non-hydrogen) atoms. The summed E-state index contributed by atoms with van der Waals surface area (Å²) in [6.07, 6.45) is 2.20. The Labute approximate surface area is 148 Å². The number of nitrogens with one attached hydrogen (secondary N) is 2. The van der Waals surface area contributed by atoms with E-state index in [4.69, 9.17) is 0 Å². The third kappa shape index (κ3) is 4.68. The first-order valence-corrected chi connectivity index (χ1v) is 8.48. The van der Waals surface area contributed by atoms with Crippen molar-refractivity contribution in [2.45, 2.75) is 52.6 Å². The number of rotatable bonds is 5. The van der Waals surface area contributed by atoms with E-state index in [0.717, 1.165) is 11.4 Å². The monoisotopic (exact) mass is 342 g/mol. The maximum absolute atomic E-state index is 12.6. The number of para-hydroxylation sites is 1. The van der Waals surface area contributed by atoms with Crippen molar-refractivity contribution in [2.75, 3.05) is 0 Å². The molecule has 2 amide bonds. The molecule has 2 aromatic rings. The van der Waals surface area contributed by atoms with Gasteiger partial charge >= 0.3 is 0 Å². The van der Waals surface area contributed by atoms with Crippen molar-refractivity contribution in [2.24, 2.45) is 0 Å². The molecule has 2 N–H and O–H groups in total. The Morgan fingerprint density at radius 3 is 2.40 bits per heavy atom. The van der Waals surface area contributed by atoms with E-state index in [1.165, 1.54) is 0 Å². The van der Waals surface area contributed by atoms with Gasteiger partial charge in [0.15, 0.2) is 0 Å². The quantitative estimate of drug-likeness (QED) is 0.876. The number of benzene rings is 1. The van der Waals surface area contributed by atoms with E-state index in [-0.39, 0.29) is 17.4 Å². The van der Waals surface area contributed by atoms with Crippen molar-refractivity contribution < 1.29 is 9.59 Å². The maximum Gasteiger partial charge on any atom is 0.255 e. The van der Waals surface area contributed by atoms with Gasteiger partial charge in [0.1, 0.15) is 6.04 Å². The van der Waals surface area contributed by atoms with E-state index in [1.807, 2.05) is 58.0 Å². The van der Waals surface area contributed by atoms with Crippen LogP contribution in [0.3, 0.4) is 0 Å². The van der Waals surface area contributed by atoms with Crippen LogP contribution in [0.4, 0.5) is 0 Å². The molecule has 0 bridgehead atoms. The molecule has 0 saturated carbocycles. The fourth-order valence-corrected chi connectivity index (χ4v) is 2.51. The van der Waals surface area contributed by atoms with Gasteiger partial charge < -0.3 is 10.6 Å². The first-order chi connectivity index (χ1) is 11.7. The normalized spacial score (nSPS) is 12.5. The minimum Gasteiger partial charge on any atom is -0.350 e. The average Bonchev–Trinajstić information content (AvgIpc) is 2.98. The lowest BCUT2D eigenvalue weighted by Crippen LogP contribution is -2.50. The molecule has 0 aliphatic rings. The molecule has 0 spiro atoms. The molecular weight excluding hydrogens is 316 g/mol. The molecule has 1 unspecified atom stereocenters. The van der Waals surface area contributed by atoms with Crippen molar-refractivity contribution in [3.05, 3.63) is 47.8 Å². The van der Waals surface area contributed by atoms with E-state index >= 15 is 0 Å². The summed E-state index contributed by atoms with van der Waals surface area (Å²) in [6.45, 7) is 9.35. The Bertz CT molecular complexity index is 745. The van der Waals surface area contributed by atoms with Gasteiger partial charge in [-0.05, 0) is 46.2 Å². The number of nitrogens with zero attached hydrogens (tertiary/aromatic N) is 2. The zero-order valence-electron chi connectivity index (χ0n) is 15.5. The second-order valence-corrected chi connectivity index (χ2v) is 7.04. The molecule has 0 saturated heterocycles. The SMILES string of the molecule is CCc1c(C(=O)NC(C)C(=O)NC(C)(C)C)cnn1-c1ccccc1. The van der Waals surface area contributed by atoms with Gasteiger partial charge in [-0.15, -0.1) is 0 Å². The topological polar surface area (TPSA) is 76.0 Å². The zero-order chi connectivity index (χ0) is 18.6. The van der Waals surface area contributed by atoms with Gasteiger partial charge in [0.05, 0.1) is 23.1 Å². The first-order valence-electron chi connectivity index (χ1n) is 8.48. The zero-order valence-corrected chi connectivity index (χ0v) is 15.5. The molecule has 6 heteroatoms. The van der Waals surface area contributed by atoms with Crippen LogP contribution >= 0.6 is 0 Å². The Morgan fingerprint density at radius 2 is 1.84 bits per heavy atom. The van der Waals surface area contributed by atoms with Crippen LogP contribution in [-0.2, 0) is 11.2 Å². The fourth-order valence-electron chi connectivity index (χ4n) is 2.51. The Kier molecular flexibility index (Phi) is 5.62. The summed E-state index contributed by atoms with van der Waals surface area (Å²) in [6, 6.07) is 9.03. The van der Waals surface area contributed by atoms with Crippen LogP contribution in [0.15, 0.2) is 36.5 Å². The molecule has 1 aromatic carbocycles. The smallest absolute Gasteiger partial charge is 0.255 e. The third-order valence-electron chi connectivity index (χ3n) is 3.69. The summed E-state index contributed by atoms with van der Waals surface area (Å²) in [7, 11) is 0. The van der Waals surface area contributed by atoms with Crippen molar-refractivity contribution in [3.63, 3.8) is 0 Å². The van der Waals surface area contributed by atoms with E-state index in [1.54, 1.807) is 17.8 Å². The Morgan fingerprint density at radius 1 is 1.20 bits per heavy atom. The Balaban J connectivity index is 2.17. The number of amides is 2. The fraction of sp³-hybridized carbons (Fsp3) is 0.421. The molecule has 1 aromatic heterocycles. The highest BCUT2D eigenvalue weighted by Crippen LogP contribution is 2.16. The summed E-state index contributed by atoms with van der Waals surface area (Å²) in [5, 5.41) is 9.96. The van der Waals surface area contributed by atoms with Crippen molar-refractivity contribution in [3.8, 4) is 5.69 Å². The maximum atomic E-state index is 12.6. The van der Waals surface area contributed by atoms with E-state index < -0.39 is 6.04 Å². The summed E-state index contributed by atoms with van der Waals surface area (Å²) >= 11 is 0. The van der Waals surface area contributed by atoms with Crippen molar-refractivity contribution in [1.82, 2.24) is 20.4 Å². The second-order valence-electron chi connectivity index (χ2n) is 7.04. The number of hydrogen-bond acceptors (Lipinski definition) is 3. The number of carbonyl (C=O) groups excluding carboxylic acids is 2. The summed E-state index contributed by atoms with van der Waals surface area (Å²) in [4.78, 5) is 24.8. The van der Waals surface area contributed by atoms with Gasteiger partial charge in [-0.3, -0.25) is 9.59 Å². The molecule has 1 heterocycles. The predicted octanol–water partition coefficient (Wildman–Crippen LogP) is 2.47. The molecule has 0 aliphatic heterocycles. The van der Waals surface area contributed by atoms with Crippen LogP contribution in [-0.4, -0.2) is 33.2 Å². The van der Waals surface area contributed by atoms with Gasteiger partial charge in [0.2, 0.25) is 5.91 Å². The van der Waals surface area contributed by atoms with E-state index in [2.05, 4.69) is 15.7 Å². The molecule has 0 aliphatic carbocycles. The number of aromatic nitrogens is 2.